The van der Waals surface area contributed by atoms with Crippen LogP contribution in [0.3, 0.4) is 0 Å². The van der Waals surface area contributed by atoms with E-state index in [1.807, 2.05) is 30.3 Å². The third-order valence-corrected chi connectivity index (χ3v) is 2.83. The normalized spacial score (nSPS) is 11.8. The summed E-state index contributed by atoms with van der Waals surface area (Å²) in [5, 5.41) is 9.38. The Morgan fingerprint density at radius 3 is 2.06 bits per heavy atom. The molecule has 92 valence electrons. The molecule has 3 nitrogen and oxygen atoms in total. The van der Waals surface area contributed by atoms with Crippen molar-refractivity contribution in [2.75, 3.05) is 7.11 Å². The Labute approximate surface area is 106 Å². The van der Waals surface area contributed by atoms with Gasteiger partial charge in [-0.3, -0.25) is 4.79 Å². The van der Waals surface area contributed by atoms with Crippen molar-refractivity contribution in [3.8, 4) is 5.75 Å². The lowest BCUT2D eigenvalue weighted by molar-refractivity contribution is -0.137. The average Bonchev–Trinajstić information content (AvgIpc) is 2.40. The van der Waals surface area contributed by atoms with Gasteiger partial charge in [0.05, 0.1) is 7.11 Å². The predicted molar refractivity (Wildman–Crippen MR) is 68.9 cm³/mol. The number of rotatable bonds is 4. The molecule has 2 aromatic rings. The molecule has 1 atom stereocenters. The molecule has 0 radical (unpaired) electrons. The summed E-state index contributed by atoms with van der Waals surface area (Å²) in [6.45, 7) is 0. The van der Waals surface area contributed by atoms with Gasteiger partial charge < -0.3 is 9.84 Å². The first-order chi connectivity index (χ1) is 8.72. The number of carboxylic acid groups (broad SMARTS) is 1. The van der Waals surface area contributed by atoms with E-state index in [2.05, 4.69) is 0 Å². The second-order valence-electron chi connectivity index (χ2n) is 3.96. The topological polar surface area (TPSA) is 46.5 Å². The molecule has 0 saturated heterocycles. The van der Waals surface area contributed by atoms with E-state index in [1.54, 1.807) is 31.4 Å². The van der Waals surface area contributed by atoms with E-state index < -0.39 is 11.9 Å². The maximum absolute atomic E-state index is 11.4. The van der Waals surface area contributed by atoms with Crippen molar-refractivity contribution in [2.45, 2.75) is 5.92 Å². The first-order valence-electron chi connectivity index (χ1n) is 5.64. The van der Waals surface area contributed by atoms with Crippen molar-refractivity contribution in [3.05, 3.63) is 65.7 Å². The fourth-order valence-electron chi connectivity index (χ4n) is 1.92. The molecule has 2 aromatic carbocycles. The summed E-state index contributed by atoms with van der Waals surface area (Å²) in [5.74, 6) is -0.778. The molecule has 0 aliphatic rings. The van der Waals surface area contributed by atoms with Gasteiger partial charge >= 0.3 is 5.97 Å². The highest BCUT2D eigenvalue weighted by Crippen LogP contribution is 2.26. The third-order valence-electron chi connectivity index (χ3n) is 2.83. The number of carbonyl (C=O) groups is 1. The van der Waals surface area contributed by atoms with Crippen LogP contribution < -0.4 is 4.74 Å². The highest BCUT2D eigenvalue weighted by molar-refractivity contribution is 5.80. The van der Waals surface area contributed by atoms with Crippen molar-refractivity contribution in [1.29, 1.82) is 0 Å². The molecule has 0 saturated carbocycles. The van der Waals surface area contributed by atoms with Gasteiger partial charge in [0.1, 0.15) is 11.7 Å². The van der Waals surface area contributed by atoms with Crippen LogP contribution in [0, 0.1) is 0 Å². The number of benzene rings is 2. The van der Waals surface area contributed by atoms with Gasteiger partial charge in [-0.05, 0) is 23.3 Å². The van der Waals surface area contributed by atoms with Crippen molar-refractivity contribution < 1.29 is 14.6 Å². The van der Waals surface area contributed by atoms with Crippen molar-refractivity contribution >= 4 is 5.97 Å². The van der Waals surface area contributed by atoms with Crippen LogP contribution in [0.15, 0.2) is 54.6 Å². The van der Waals surface area contributed by atoms with Crippen LogP contribution in [-0.4, -0.2) is 18.2 Å². The lowest BCUT2D eigenvalue weighted by Crippen LogP contribution is -2.12. The van der Waals surface area contributed by atoms with E-state index in [-0.39, 0.29) is 0 Å². The van der Waals surface area contributed by atoms with Crippen molar-refractivity contribution in [2.24, 2.45) is 0 Å². The van der Waals surface area contributed by atoms with Gasteiger partial charge in [-0.2, -0.15) is 0 Å². The zero-order chi connectivity index (χ0) is 13.0. The summed E-state index contributed by atoms with van der Waals surface area (Å²) >= 11 is 0. The smallest absolute Gasteiger partial charge is 0.315 e. The fraction of sp³-hybridized carbons (Fsp3) is 0.133. The summed E-state index contributed by atoms with van der Waals surface area (Å²) in [4.78, 5) is 11.4. The highest BCUT2D eigenvalue weighted by Gasteiger charge is 2.21. The molecule has 0 aliphatic carbocycles. The molecule has 2 rings (SSSR count). The van der Waals surface area contributed by atoms with E-state index in [0.29, 0.717) is 0 Å². The molecular formula is C15H14O3. The quantitative estimate of drug-likeness (QED) is 0.896. The fourth-order valence-corrected chi connectivity index (χ4v) is 1.92. The Morgan fingerprint density at radius 2 is 1.56 bits per heavy atom. The molecular weight excluding hydrogens is 228 g/mol. The van der Waals surface area contributed by atoms with Gasteiger partial charge in [-0.15, -0.1) is 0 Å². The summed E-state index contributed by atoms with van der Waals surface area (Å²) in [7, 11) is 1.58. The Morgan fingerprint density at radius 1 is 1.00 bits per heavy atom. The van der Waals surface area contributed by atoms with Gasteiger partial charge in [0, 0.05) is 0 Å². The van der Waals surface area contributed by atoms with Crippen LogP contribution in [0.25, 0.3) is 0 Å². The number of ether oxygens (including phenoxy) is 1. The van der Waals surface area contributed by atoms with Crippen LogP contribution >= 0.6 is 0 Å². The SMILES string of the molecule is COc1ccc([C@H](C(=O)O)c2ccccc2)cc1. The second kappa shape index (κ2) is 5.36. The minimum Gasteiger partial charge on any atom is -0.497 e. The summed E-state index contributed by atoms with van der Waals surface area (Å²) in [6.07, 6.45) is 0. The maximum atomic E-state index is 11.4. The molecule has 0 fully saturated rings. The van der Waals surface area contributed by atoms with E-state index in [9.17, 15) is 9.90 Å². The lowest BCUT2D eigenvalue weighted by atomic mass is 9.91. The van der Waals surface area contributed by atoms with Crippen LogP contribution in [0.5, 0.6) is 5.75 Å². The molecule has 3 heteroatoms. The van der Waals surface area contributed by atoms with Crippen LogP contribution in [0.2, 0.25) is 0 Å². The number of aliphatic carboxylic acids is 1. The molecule has 0 unspecified atom stereocenters. The molecule has 0 amide bonds. The van der Waals surface area contributed by atoms with Gasteiger partial charge in [-0.1, -0.05) is 42.5 Å². The standard InChI is InChI=1S/C15H14O3/c1-18-13-9-7-12(8-10-13)14(15(16)17)11-5-3-2-4-6-11/h2-10,14H,1H3,(H,16,17)/t14-/m1/s1. The largest absolute Gasteiger partial charge is 0.497 e. The minimum atomic E-state index is -0.855. The number of carboxylic acids is 1. The number of methoxy groups -OCH3 is 1. The average molecular weight is 242 g/mol. The zero-order valence-electron chi connectivity index (χ0n) is 10.0. The van der Waals surface area contributed by atoms with Crippen LogP contribution in [-0.2, 0) is 4.79 Å². The molecule has 0 bridgehead atoms. The minimum absolute atomic E-state index is 0.642. The van der Waals surface area contributed by atoms with E-state index >= 15 is 0 Å². The summed E-state index contributed by atoms with van der Waals surface area (Å²) in [6, 6.07) is 16.3. The summed E-state index contributed by atoms with van der Waals surface area (Å²) in [5.41, 5.74) is 1.52. The number of hydrogen-bond acceptors (Lipinski definition) is 2. The van der Waals surface area contributed by atoms with E-state index in [4.69, 9.17) is 4.74 Å². The number of hydrogen-bond donors (Lipinski definition) is 1. The Bertz CT molecular complexity index is 517. The highest BCUT2D eigenvalue weighted by atomic mass is 16.5. The van der Waals surface area contributed by atoms with Crippen LogP contribution in [0.1, 0.15) is 17.0 Å². The van der Waals surface area contributed by atoms with E-state index in [1.165, 1.54) is 0 Å². The molecule has 0 spiro atoms. The predicted octanol–water partition coefficient (Wildman–Crippen LogP) is 2.91. The van der Waals surface area contributed by atoms with Gasteiger partial charge in [0.2, 0.25) is 0 Å². The van der Waals surface area contributed by atoms with Gasteiger partial charge in [-0.25, -0.2) is 0 Å². The molecule has 1 N–H and O–H groups in total. The second-order valence-corrected chi connectivity index (χ2v) is 3.96. The summed E-state index contributed by atoms with van der Waals surface area (Å²) < 4.78 is 5.07. The molecule has 18 heavy (non-hydrogen) atoms. The lowest BCUT2D eigenvalue weighted by Gasteiger charge is -2.13. The molecule has 0 aliphatic heterocycles. The Kier molecular flexibility index (Phi) is 3.63. The first kappa shape index (κ1) is 12.2. The van der Waals surface area contributed by atoms with Gasteiger partial charge in [0.25, 0.3) is 0 Å². The first-order valence-corrected chi connectivity index (χ1v) is 5.64. The molecule has 0 heterocycles. The van der Waals surface area contributed by atoms with Crippen molar-refractivity contribution in [3.63, 3.8) is 0 Å². The van der Waals surface area contributed by atoms with Crippen LogP contribution in [0.4, 0.5) is 0 Å². The van der Waals surface area contributed by atoms with Crippen molar-refractivity contribution in [1.82, 2.24) is 0 Å². The third kappa shape index (κ3) is 2.51. The van der Waals surface area contributed by atoms with E-state index in [0.717, 1.165) is 16.9 Å². The monoisotopic (exact) mass is 242 g/mol. The Hall–Kier alpha value is -2.29. The van der Waals surface area contributed by atoms with Gasteiger partial charge in [0.15, 0.2) is 0 Å². The maximum Gasteiger partial charge on any atom is 0.315 e. The Balaban J connectivity index is 2.39. The zero-order valence-corrected chi connectivity index (χ0v) is 10.0. The molecule has 0 aromatic heterocycles.